The second kappa shape index (κ2) is 50.6. The molecule has 0 N–H and O–H groups in total. The predicted molar refractivity (Wildman–Crippen MR) is 38.1 cm³/mol. The minimum atomic E-state index is -1.75. The van der Waals surface area contributed by atoms with E-state index in [0.717, 1.165) is 0 Å². The number of rotatable bonds is 0. The fourth-order valence-electron chi connectivity index (χ4n) is 0. The summed E-state index contributed by atoms with van der Waals surface area (Å²) >= 11 is 0. The average Bonchev–Trinajstić information content (AvgIpc) is 1.70. The van der Waals surface area contributed by atoms with Crippen LogP contribution in [0.4, 0.5) is 0 Å². The maximum Gasteiger partial charge on any atom is 3.00 e. The van der Waals surface area contributed by atoms with Crippen LogP contribution < -0.4 is 14.7 Å². The summed E-state index contributed by atoms with van der Waals surface area (Å²) in [6.07, 6.45) is 0. The zero-order valence-electron chi connectivity index (χ0n) is 4.63. The molecule has 2 radical (unpaired) electrons. The van der Waals surface area contributed by atoms with Gasteiger partial charge in [-0.3, -0.25) is 0 Å². The zero-order valence-corrected chi connectivity index (χ0v) is 8.99. The standard InChI is InChI=1S/3H3O2P.P/c3*1-3-2;/h3*3H2,(H,1,2);/q;;;+3/p-3. The summed E-state index contributed by atoms with van der Waals surface area (Å²) in [4.78, 5) is 25.4. The van der Waals surface area contributed by atoms with Gasteiger partial charge >= 0.3 is 9.90 Å². The van der Waals surface area contributed by atoms with E-state index in [-0.39, 0.29) is 9.90 Å². The number of hydrogen-bond acceptors (Lipinski definition) is 6. The minimum absolute atomic E-state index is 0. The second-order valence-electron chi connectivity index (χ2n) is 0.289. The van der Waals surface area contributed by atoms with Crippen LogP contribution in [0, 0.1) is 0 Å². The van der Waals surface area contributed by atoms with Crippen LogP contribution in [0.1, 0.15) is 0 Å². The molecular weight excluding hydrogens is 220 g/mol. The van der Waals surface area contributed by atoms with Crippen molar-refractivity contribution in [2.75, 3.05) is 0 Å². The van der Waals surface area contributed by atoms with E-state index >= 15 is 0 Å². The molecule has 0 heterocycles. The monoisotopic (exact) mass is 226 g/mol. The van der Waals surface area contributed by atoms with Crippen molar-refractivity contribution in [3.63, 3.8) is 0 Å². The van der Waals surface area contributed by atoms with Crippen molar-refractivity contribution in [1.82, 2.24) is 0 Å². The molecule has 10 heavy (non-hydrogen) atoms. The topological polar surface area (TPSA) is 120 Å². The van der Waals surface area contributed by atoms with Crippen LogP contribution in [0.15, 0.2) is 0 Å². The summed E-state index contributed by atoms with van der Waals surface area (Å²) < 4.78 is 25.4. The molecular formula is H6O6P4. The van der Waals surface area contributed by atoms with Gasteiger partial charge in [-0.15, -0.1) is 0 Å². The zero-order chi connectivity index (χ0) is 8.12. The molecule has 0 aliphatic heterocycles. The Hall–Kier alpha value is 1.000. The summed E-state index contributed by atoms with van der Waals surface area (Å²) in [5.74, 6) is 0. The Morgan fingerprint density at radius 2 is 0.700 bits per heavy atom. The fourth-order valence-corrected chi connectivity index (χ4v) is 0. The molecule has 3 atom stereocenters. The molecule has 0 aliphatic rings. The van der Waals surface area contributed by atoms with Gasteiger partial charge in [-0.25, -0.2) is 0 Å². The molecule has 0 amide bonds. The third-order valence-electron chi connectivity index (χ3n) is 0. The first-order chi connectivity index (χ1) is 4.24. The molecule has 3 unspecified atom stereocenters. The molecule has 0 aromatic carbocycles. The van der Waals surface area contributed by atoms with Gasteiger partial charge in [0.05, 0.1) is 0 Å². The number of hydrogen-bond donors (Lipinski definition) is 0. The van der Waals surface area contributed by atoms with E-state index in [1.165, 1.54) is 0 Å². The third kappa shape index (κ3) is 576. The van der Waals surface area contributed by atoms with Gasteiger partial charge in [0.15, 0.2) is 0 Å². The fraction of sp³-hybridized carbons (Fsp3) is 0. The van der Waals surface area contributed by atoms with E-state index in [1.54, 1.807) is 0 Å². The van der Waals surface area contributed by atoms with Crippen molar-refractivity contribution in [2.24, 2.45) is 0 Å². The van der Waals surface area contributed by atoms with E-state index in [1.807, 2.05) is 0 Å². The molecule has 62 valence electrons. The van der Waals surface area contributed by atoms with Gasteiger partial charge in [0, 0.05) is 0 Å². The Morgan fingerprint density at radius 3 is 0.700 bits per heavy atom. The molecule has 0 saturated carbocycles. The Kier molecular flexibility index (Phi) is 114. The van der Waals surface area contributed by atoms with Crippen LogP contribution >= 0.6 is 36.0 Å². The third-order valence-corrected chi connectivity index (χ3v) is 0. The summed E-state index contributed by atoms with van der Waals surface area (Å²) in [6, 6.07) is 0. The molecule has 0 aromatic heterocycles. The molecule has 0 rings (SSSR count). The van der Waals surface area contributed by atoms with Crippen LogP contribution in [0.2, 0.25) is 0 Å². The first-order valence-electron chi connectivity index (χ1n) is 1.41. The Labute approximate surface area is 65.1 Å². The van der Waals surface area contributed by atoms with E-state index < -0.39 is 26.1 Å². The molecule has 0 saturated heterocycles. The van der Waals surface area contributed by atoms with E-state index in [4.69, 9.17) is 28.4 Å². The van der Waals surface area contributed by atoms with E-state index in [9.17, 15) is 0 Å². The van der Waals surface area contributed by atoms with Crippen molar-refractivity contribution in [2.45, 2.75) is 0 Å². The Morgan fingerprint density at radius 1 is 0.700 bits per heavy atom. The normalized spacial score (nSPS) is 8.70. The van der Waals surface area contributed by atoms with Crippen LogP contribution in [-0.2, 0) is 13.7 Å². The molecule has 0 spiro atoms. The largest absolute Gasteiger partial charge is 3.00 e. The summed E-state index contributed by atoms with van der Waals surface area (Å²) in [7, 11) is -5.25. The molecule has 0 aliphatic carbocycles. The summed E-state index contributed by atoms with van der Waals surface area (Å²) in [5.41, 5.74) is 0. The van der Waals surface area contributed by atoms with Gasteiger partial charge in [0.2, 0.25) is 0 Å². The quantitative estimate of drug-likeness (QED) is 0.436. The first kappa shape index (κ1) is 22.4. The average molecular weight is 226 g/mol. The van der Waals surface area contributed by atoms with Crippen molar-refractivity contribution >= 4 is 36.0 Å². The molecule has 0 fully saturated rings. The first-order valence-corrected chi connectivity index (χ1v) is 4.24. The van der Waals surface area contributed by atoms with Crippen molar-refractivity contribution in [3.8, 4) is 0 Å². The van der Waals surface area contributed by atoms with E-state index in [2.05, 4.69) is 0 Å². The van der Waals surface area contributed by atoms with Crippen molar-refractivity contribution in [3.05, 3.63) is 0 Å². The Balaban J connectivity index is -0.0000000257. The minimum Gasteiger partial charge on any atom is -0.804 e. The van der Waals surface area contributed by atoms with Crippen LogP contribution in [0.3, 0.4) is 0 Å². The molecule has 6 nitrogen and oxygen atoms in total. The maximum absolute atomic E-state index is 8.46. The predicted octanol–water partition coefficient (Wildman–Crippen LogP) is -2.08. The van der Waals surface area contributed by atoms with Gasteiger partial charge in [0.25, 0.3) is 0 Å². The maximum atomic E-state index is 8.46. The SMILES string of the molecule is O=[PH2][O-].O=[PH2][O-].O=[PH2][O-].[P+3]. The van der Waals surface area contributed by atoms with Gasteiger partial charge in [-0.05, 0) is 26.1 Å². The van der Waals surface area contributed by atoms with Gasteiger partial charge in [-0.2, -0.15) is 0 Å². The van der Waals surface area contributed by atoms with Crippen LogP contribution in [0.25, 0.3) is 0 Å². The van der Waals surface area contributed by atoms with E-state index in [0.29, 0.717) is 0 Å². The summed E-state index contributed by atoms with van der Waals surface area (Å²) in [5, 5.41) is 0. The summed E-state index contributed by atoms with van der Waals surface area (Å²) in [6.45, 7) is 0. The van der Waals surface area contributed by atoms with Gasteiger partial charge in [0.1, 0.15) is 0 Å². The smallest absolute Gasteiger partial charge is 0.804 e. The molecule has 0 bridgehead atoms. The second-order valence-corrected chi connectivity index (χ2v) is 0.866. The van der Waals surface area contributed by atoms with Crippen LogP contribution in [0.5, 0.6) is 0 Å². The Bertz CT molecular complexity index is 46.5. The van der Waals surface area contributed by atoms with Gasteiger partial charge in [-0.1, -0.05) is 0 Å². The van der Waals surface area contributed by atoms with Crippen LogP contribution in [-0.4, -0.2) is 0 Å². The van der Waals surface area contributed by atoms with Gasteiger partial charge < -0.3 is 28.4 Å². The van der Waals surface area contributed by atoms with Crippen molar-refractivity contribution < 1.29 is 28.4 Å². The molecule has 0 aromatic rings. The molecule has 10 heteroatoms. The van der Waals surface area contributed by atoms with Crippen molar-refractivity contribution in [1.29, 1.82) is 0 Å².